The van der Waals surface area contributed by atoms with Gasteiger partial charge in [0.2, 0.25) is 6.54 Å². The predicted molar refractivity (Wildman–Crippen MR) is 277 cm³/mol. The molecule has 0 aromatic heterocycles. The summed E-state index contributed by atoms with van der Waals surface area (Å²) in [6.45, 7) is 3.03. The van der Waals surface area contributed by atoms with Crippen molar-refractivity contribution in [3.8, 4) is 0 Å². The van der Waals surface area contributed by atoms with Crippen LogP contribution in [0.2, 0.25) is 0 Å². The van der Waals surface area contributed by atoms with Gasteiger partial charge < -0.3 is 47.4 Å². The molecular weight excluding hydrogens is 975 g/mol. The molecule has 0 radical (unpaired) electrons. The van der Waals surface area contributed by atoms with E-state index in [-0.39, 0.29) is 49.7 Å². The van der Waals surface area contributed by atoms with Crippen molar-refractivity contribution in [1.29, 1.82) is 0 Å². The van der Waals surface area contributed by atoms with E-state index >= 15 is 0 Å². The van der Waals surface area contributed by atoms with E-state index in [1.54, 1.807) is 97.1 Å². The number of unbranched alkanes of at least 4 members (excludes halogenated alkanes) is 1. The lowest BCUT2D eigenvalue weighted by Crippen LogP contribution is -2.64. The Morgan fingerprint density at radius 1 is 0.487 bits per heavy atom. The zero-order chi connectivity index (χ0) is 52.9. The van der Waals surface area contributed by atoms with E-state index in [2.05, 4.69) is 6.58 Å². The fourth-order valence-electron chi connectivity index (χ4n) is 8.90. The second-order valence-corrected chi connectivity index (χ2v) is 18.1. The fraction of sp³-hybridized carbons (Fsp3) is 0.317. The van der Waals surface area contributed by atoms with Gasteiger partial charge >= 0.3 is 17.9 Å². The van der Waals surface area contributed by atoms with E-state index < -0.39 is 97.2 Å². The number of ether oxygens (including phenoxy) is 10. The topological polar surface area (TPSA) is 187 Å². The second kappa shape index (κ2) is 28.5. The van der Waals surface area contributed by atoms with Gasteiger partial charge in [-0.1, -0.05) is 152 Å². The number of nitro groups is 1. The van der Waals surface area contributed by atoms with E-state index in [0.29, 0.717) is 12.8 Å². The molecule has 0 bridgehead atoms. The summed E-state index contributed by atoms with van der Waals surface area (Å²) in [4.78, 5) is 54.8. The van der Waals surface area contributed by atoms with Crippen LogP contribution >= 0.6 is 0 Å². The monoisotopic (exact) mass is 1040 g/mol. The molecule has 2 fully saturated rings. The fourth-order valence-corrected chi connectivity index (χ4v) is 8.90. The number of esters is 3. The van der Waals surface area contributed by atoms with Crippen molar-refractivity contribution in [2.45, 2.75) is 88.0 Å². The first kappa shape index (κ1) is 54.8. The van der Waals surface area contributed by atoms with Crippen LogP contribution in [0.15, 0.2) is 195 Å². The SMILES string of the molecule is C=CCCCO[C@H]1O[C@H](CO[C@H]2O[C@H](COCc3ccccc3)[C@@H](OCc3ccccc3)[C@H](OCc3ccccc3)[C@H]2C[N+](=O)[O-])[C@@H](OC(=O)c2ccccc2)[C@H](OC(=O)c2ccccc2)[C@@H]1OC(=O)c1ccccc1. The highest BCUT2D eigenvalue weighted by molar-refractivity contribution is 5.91. The van der Waals surface area contributed by atoms with E-state index in [9.17, 15) is 24.5 Å². The normalized spacial score (nSPS) is 23.2. The van der Waals surface area contributed by atoms with Gasteiger partial charge in [-0.3, -0.25) is 10.1 Å². The predicted octanol–water partition coefficient (Wildman–Crippen LogP) is 9.39. The van der Waals surface area contributed by atoms with E-state index in [1.165, 1.54) is 0 Å². The molecular formula is C60H61NO15. The number of nitrogens with zero attached hydrogens (tertiary/aromatic N) is 1. The molecule has 2 aliphatic rings. The maximum Gasteiger partial charge on any atom is 0.338 e. The summed E-state index contributed by atoms with van der Waals surface area (Å²) in [5.41, 5.74) is 3.03. The first-order valence-electron chi connectivity index (χ1n) is 25.2. The molecule has 0 saturated carbocycles. The van der Waals surface area contributed by atoms with Crippen molar-refractivity contribution in [3.05, 3.63) is 238 Å². The summed E-state index contributed by atoms with van der Waals surface area (Å²) in [5.74, 6) is -3.60. The quantitative estimate of drug-likeness (QED) is 0.0125. The molecule has 0 spiro atoms. The van der Waals surface area contributed by atoms with Gasteiger partial charge in [-0.2, -0.15) is 0 Å². The molecule has 16 heteroatoms. The minimum atomic E-state index is -1.60. The van der Waals surface area contributed by atoms with Gasteiger partial charge in [-0.25, -0.2) is 14.4 Å². The summed E-state index contributed by atoms with van der Waals surface area (Å²) in [6, 6.07) is 52.9. The lowest BCUT2D eigenvalue weighted by molar-refractivity contribution is -0.503. The highest BCUT2D eigenvalue weighted by Gasteiger charge is 2.55. The van der Waals surface area contributed by atoms with Gasteiger partial charge in [-0.05, 0) is 65.9 Å². The molecule has 0 N–H and O–H groups in total. The van der Waals surface area contributed by atoms with Gasteiger partial charge in [0, 0.05) is 4.92 Å². The van der Waals surface area contributed by atoms with Crippen LogP contribution in [0.4, 0.5) is 0 Å². The maximum atomic E-state index is 14.2. The van der Waals surface area contributed by atoms with Gasteiger partial charge in [-0.15, -0.1) is 6.58 Å². The van der Waals surface area contributed by atoms with Crippen molar-refractivity contribution in [2.75, 3.05) is 26.4 Å². The van der Waals surface area contributed by atoms with Crippen LogP contribution in [0.5, 0.6) is 0 Å². The van der Waals surface area contributed by atoms with Crippen LogP contribution in [0.1, 0.15) is 60.6 Å². The van der Waals surface area contributed by atoms with Crippen LogP contribution in [-0.2, 0) is 67.2 Å². The van der Waals surface area contributed by atoms with Gasteiger partial charge in [0.05, 0.1) is 56.3 Å². The van der Waals surface area contributed by atoms with Gasteiger partial charge in [0.15, 0.2) is 30.9 Å². The Morgan fingerprint density at radius 2 is 0.908 bits per heavy atom. The highest BCUT2D eigenvalue weighted by atomic mass is 16.7. The number of rotatable bonds is 26. The Balaban J connectivity index is 1.17. The number of allylic oxidation sites excluding steroid dienone is 1. The van der Waals surface area contributed by atoms with Crippen LogP contribution in [0, 0.1) is 16.0 Å². The van der Waals surface area contributed by atoms with Crippen molar-refractivity contribution in [1.82, 2.24) is 0 Å². The molecule has 2 heterocycles. The molecule has 396 valence electrons. The van der Waals surface area contributed by atoms with Crippen LogP contribution in [-0.4, -0.2) is 105 Å². The molecule has 0 unspecified atom stereocenters. The Labute approximate surface area is 441 Å². The summed E-state index contributed by atoms with van der Waals surface area (Å²) in [6.07, 6.45) is -9.06. The summed E-state index contributed by atoms with van der Waals surface area (Å²) in [7, 11) is 0. The maximum absolute atomic E-state index is 14.2. The lowest BCUT2D eigenvalue weighted by atomic mass is 9.90. The van der Waals surface area contributed by atoms with Gasteiger partial charge in [0.25, 0.3) is 0 Å². The van der Waals surface area contributed by atoms with Crippen molar-refractivity contribution < 1.29 is 66.7 Å². The molecule has 6 aromatic carbocycles. The highest BCUT2D eigenvalue weighted by Crippen LogP contribution is 2.36. The number of carbonyl (C=O) groups excluding carboxylic acids is 3. The minimum Gasteiger partial charge on any atom is -0.452 e. The van der Waals surface area contributed by atoms with E-state index in [4.69, 9.17) is 47.4 Å². The zero-order valence-corrected chi connectivity index (χ0v) is 41.8. The smallest absolute Gasteiger partial charge is 0.338 e. The summed E-state index contributed by atoms with van der Waals surface area (Å²) >= 11 is 0. The molecule has 0 aliphatic carbocycles. The number of benzene rings is 6. The minimum absolute atomic E-state index is 0.0472. The molecule has 8 rings (SSSR count). The van der Waals surface area contributed by atoms with E-state index in [0.717, 1.165) is 16.7 Å². The third-order valence-corrected chi connectivity index (χ3v) is 12.7. The van der Waals surface area contributed by atoms with Crippen molar-refractivity contribution in [3.63, 3.8) is 0 Å². The largest absolute Gasteiger partial charge is 0.452 e. The molecule has 6 aromatic rings. The Bertz CT molecular complexity index is 2720. The average molecular weight is 1040 g/mol. The van der Waals surface area contributed by atoms with Crippen molar-refractivity contribution >= 4 is 17.9 Å². The molecule has 2 aliphatic heterocycles. The third-order valence-electron chi connectivity index (χ3n) is 12.7. The Hall–Kier alpha value is -7.41. The number of carbonyl (C=O) groups is 3. The third kappa shape index (κ3) is 15.6. The molecule has 10 atom stereocenters. The first-order valence-corrected chi connectivity index (χ1v) is 25.2. The first-order chi connectivity index (χ1) is 37.2. The molecule has 2 saturated heterocycles. The molecule has 16 nitrogen and oxygen atoms in total. The number of hydrogen-bond donors (Lipinski definition) is 0. The summed E-state index contributed by atoms with van der Waals surface area (Å²) < 4.78 is 65.0. The molecule has 76 heavy (non-hydrogen) atoms. The second-order valence-electron chi connectivity index (χ2n) is 18.1. The van der Waals surface area contributed by atoms with Gasteiger partial charge in [0.1, 0.15) is 30.3 Å². The van der Waals surface area contributed by atoms with E-state index in [1.807, 2.05) is 91.0 Å². The molecule has 0 amide bonds. The zero-order valence-electron chi connectivity index (χ0n) is 41.8. The summed E-state index contributed by atoms with van der Waals surface area (Å²) in [5, 5.41) is 12.8. The average Bonchev–Trinajstić information content (AvgIpc) is 3.46. The van der Waals surface area contributed by atoms with Crippen LogP contribution in [0.25, 0.3) is 0 Å². The number of hydrogen-bond acceptors (Lipinski definition) is 15. The standard InChI is InChI=1S/C60H61NO15/c1-2-3-22-35-68-60-55(76-58(64)47-33-20-9-21-34-47)54(75-57(63)46-31-18-8-19-32-46)53(74-56(62)45-29-16-7-17-30-45)50(73-60)41-71-59-48(36-61(65)66)51(69-38-43-25-12-5-13-26-43)52(70-39-44-27-14-6-15-28-44)49(72-59)40-67-37-42-23-10-4-11-24-42/h2,4-21,23-34,48-55,59-60H,1,3,22,35-41H2/t48-,49-,50-,51-,52-,53-,54+,55+,59+,60+/m1/s1. The van der Waals surface area contributed by atoms with Crippen molar-refractivity contribution in [2.24, 2.45) is 5.92 Å². The van der Waals surface area contributed by atoms with Crippen LogP contribution < -0.4 is 0 Å². The Morgan fingerprint density at radius 3 is 1.39 bits per heavy atom. The Kier molecular flexibility index (Phi) is 20.5. The van der Waals surface area contributed by atoms with Crippen LogP contribution in [0.3, 0.4) is 0 Å². The lowest BCUT2D eigenvalue weighted by Gasteiger charge is -2.47.